The molecule has 0 aromatic carbocycles. The number of nitrogens with one attached hydrogen (secondary N) is 1. The molecule has 0 unspecified atom stereocenters. The number of urea groups is 1. The zero-order valence-corrected chi connectivity index (χ0v) is 11.8. The first kappa shape index (κ1) is 18.5. The second-order valence-corrected chi connectivity index (χ2v) is 4.82. The summed E-state index contributed by atoms with van der Waals surface area (Å²) in [5.41, 5.74) is 0. The Labute approximate surface area is 116 Å². The zero-order valence-electron chi connectivity index (χ0n) is 11.8. The Bertz CT molecular complexity index is 332. The highest BCUT2D eigenvalue weighted by Gasteiger charge is 2.35. The number of carboxylic acids is 1. The van der Waals surface area contributed by atoms with E-state index in [4.69, 9.17) is 5.11 Å². The average molecular weight is 298 g/mol. The van der Waals surface area contributed by atoms with Crippen molar-refractivity contribution in [3.63, 3.8) is 0 Å². The van der Waals surface area contributed by atoms with E-state index in [0.717, 1.165) is 6.42 Å². The van der Waals surface area contributed by atoms with Crippen molar-refractivity contribution in [2.24, 2.45) is 0 Å². The molecule has 0 heterocycles. The molecule has 0 bridgehead atoms. The van der Waals surface area contributed by atoms with Crippen LogP contribution in [0.2, 0.25) is 0 Å². The molecular formula is C12H21F3N2O3. The molecule has 1 atom stereocenters. The van der Waals surface area contributed by atoms with E-state index in [1.807, 2.05) is 6.92 Å². The molecule has 20 heavy (non-hydrogen) atoms. The number of aliphatic carboxylic acids is 1. The minimum atomic E-state index is -4.52. The van der Waals surface area contributed by atoms with Gasteiger partial charge in [-0.05, 0) is 20.3 Å². The fraction of sp³-hybridized carbons (Fsp3) is 0.833. The Kier molecular flexibility index (Phi) is 7.38. The molecule has 0 aliphatic rings. The van der Waals surface area contributed by atoms with Crippen LogP contribution in [-0.4, -0.2) is 46.8 Å². The van der Waals surface area contributed by atoms with Crippen molar-refractivity contribution in [3.05, 3.63) is 0 Å². The van der Waals surface area contributed by atoms with Crippen LogP contribution in [0, 0.1) is 0 Å². The van der Waals surface area contributed by atoms with Crippen molar-refractivity contribution in [1.29, 1.82) is 0 Å². The Morgan fingerprint density at radius 2 is 1.85 bits per heavy atom. The van der Waals surface area contributed by atoms with E-state index >= 15 is 0 Å². The van der Waals surface area contributed by atoms with Crippen molar-refractivity contribution < 1.29 is 27.9 Å². The third-order valence-electron chi connectivity index (χ3n) is 2.68. The molecule has 0 aromatic rings. The predicted octanol–water partition coefficient (Wildman–Crippen LogP) is 2.61. The minimum absolute atomic E-state index is 0.190. The molecule has 2 amide bonds. The summed E-state index contributed by atoms with van der Waals surface area (Å²) in [4.78, 5) is 23.3. The van der Waals surface area contributed by atoms with Gasteiger partial charge in [0, 0.05) is 6.04 Å². The normalized spacial score (nSPS) is 13.2. The first-order chi connectivity index (χ1) is 9.08. The number of rotatable bonds is 7. The smallest absolute Gasteiger partial charge is 0.406 e. The van der Waals surface area contributed by atoms with Gasteiger partial charge < -0.3 is 15.3 Å². The molecule has 0 radical (unpaired) electrons. The van der Waals surface area contributed by atoms with Crippen LogP contribution in [0.5, 0.6) is 0 Å². The highest BCUT2D eigenvalue weighted by atomic mass is 19.4. The lowest BCUT2D eigenvalue weighted by Crippen LogP contribution is -2.52. The second kappa shape index (κ2) is 7.96. The number of carboxylic acid groups (broad SMARTS) is 1. The van der Waals surface area contributed by atoms with Gasteiger partial charge in [-0.1, -0.05) is 19.8 Å². The predicted molar refractivity (Wildman–Crippen MR) is 67.4 cm³/mol. The first-order valence-corrected chi connectivity index (χ1v) is 6.45. The monoisotopic (exact) mass is 298 g/mol. The van der Waals surface area contributed by atoms with Gasteiger partial charge in [-0.15, -0.1) is 0 Å². The molecule has 0 aromatic heterocycles. The molecule has 8 heteroatoms. The summed E-state index contributed by atoms with van der Waals surface area (Å²) in [6.45, 7) is 3.32. The lowest BCUT2D eigenvalue weighted by molar-refractivity contribution is -0.143. The highest BCUT2D eigenvalue weighted by molar-refractivity contribution is 5.82. The number of carbonyl (C=O) groups is 2. The number of alkyl halides is 3. The fourth-order valence-electron chi connectivity index (χ4n) is 1.58. The van der Waals surface area contributed by atoms with E-state index in [-0.39, 0.29) is 6.42 Å². The molecule has 2 N–H and O–H groups in total. The van der Waals surface area contributed by atoms with E-state index in [1.54, 1.807) is 0 Å². The Morgan fingerprint density at radius 3 is 2.20 bits per heavy atom. The highest BCUT2D eigenvalue weighted by Crippen LogP contribution is 2.18. The summed E-state index contributed by atoms with van der Waals surface area (Å²) < 4.78 is 37.2. The maximum atomic E-state index is 12.4. The maximum absolute atomic E-state index is 12.4. The van der Waals surface area contributed by atoms with Gasteiger partial charge in [-0.3, -0.25) is 0 Å². The SMILES string of the molecule is CCCC[C@H](NC(=O)N(CC(F)(F)F)C(C)C)C(=O)O. The van der Waals surface area contributed by atoms with Crippen molar-refractivity contribution in [2.45, 2.75) is 58.3 Å². The number of halogens is 3. The summed E-state index contributed by atoms with van der Waals surface area (Å²) in [5.74, 6) is -1.25. The Hall–Kier alpha value is -1.47. The van der Waals surface area contributed by atoms with Crippen LogP contribution in [0.25, 0.3) is 0 Å². The molecule has 0 spiro atoms. The van der Waals surface area contributed by atoms with Crippen molar-refractivity contribution in [2.75, 3.05) is 6.54 Å². The molecule has 0 rings (SSSR count). The van der Waals surface area contributed by atoms with Crippen LogP contribution in [-0.2, 0) is 4.79 Å². The molecule has 118 valence electrons. The van der Waals surface area contributed by atoms with Crippen LogP contribution >= 0.6 is 0 Å². The van der Waals surface area contributed by atoms with Gasteiger partial charge in [0.15, 0.2) is 0 Å². The van der Waals surface area contributed by atoms with Gasteiger partial charge in [-0.2, -0.15) is 13.2 Å². The molecule has 0 saturated heterocycles. The third kappa shape index (κ3) is 7.20. The van der Waals surface area contributed by atoms with Gasteiger partial charge in [0.1, 0.15) is 12.6 Å². The first-order valence-electron chi connectivity index (χ1n) is 6.45. The standard InChI is InChI=1S/C12H21F3N2O3/c1-4-5-6-9(10(18)19)16-11(20)17(8(2)3)7-12(13,14)15/h8-9H,4-7H2,1-3H3,(H,16,20)(H,18,19)/t9-/m0/s1. The molecular weight excluding hydrogens is 277 g/mol. The van der Waals surface area contributed by atoms with E-state index in [0.29, 0.717) is 11.3 Å². The fourth-order valence-corrected chi connectivity index (χ4v) is 1.58. The lowest BCUT2D eigenvalue weighted by atomic mass is 10.1. The lowest BCUT2D eigenvalue weighted by Gasteiger charge is -2.29. The van der Waals surface area contributed by atoms with Gasteiger partial charge >= 0.3 is 18.2 Å². The minimum Gasteiger partial charge on any atom is -0.480 e. The second-order valence-electron chi connectivity index (χ2n) is 4.82. The van der Waals surface area contributed by atoms with Crippen LogP contribution in [0.1, 0.15) is 40.0 Å². The van der Waals surface area contributed by atoms with Crippen molar-refractivity contribution in [3.8, 4) is 0 Å². The molecule has 0 fully saturated rings. The van der Waals surface area contributed by atoms with Crippen LogP contribution in [0.15, 0.2) is 0 Å². The van der Waals surface area contributed by atoms with E-state index in [2.05, 4.69) is 5.32 Å². The topological polar surface area (TPSA) is 69.6 Å². The van der Waals surface area contributed by atoms with E-state index in [9.17, 15) is 22.8 Å². The number of nitrogens with zero attached hydrogens (tertiary/aromatic N) is 1. The zero-order chi connectivity index (χ0) is 15.9. The third-order valence-corrected chi connectivity index (χ3v) is 2.68. The van der Waals surface area contributed by atoms with Gasteiger partial charge in [-0.25, -0.2) is 9.59 Å². The number of amides is 2. The summed E-state index contributed by atoms with van der Waals surface area (Å²) in [5, 5.41) is 11.1. The van der Waals surface area contributed by atoms with E-state index < -0.39 is 36.8 Å². The van der Waals surface area contributed by atoms with Crippen LogP contribution in [0.3, 0.4) is 0 Å². The largest absolute Gasteiger partial charge is 0.480 e. The molecule has 0 aliphatic carbocycles. The molecule has 0 aliphatic heterocycles. The van der Waals surface area contributed by atoms with Crippen molar-refractivity contribution in [1.82, 2.24) is 10.2 Å². The summed E-state index contributed by atoms with van der Waals surface area (Å²) >= 11 is 0. The van der Waals surface area contributed by atoms with Gasteiger partial charge in [0.25, 0.3) is 0 Å². The molecule has 0 saturated carbocycles. The van der Waals surface area contributed by atoms with Crippen molar-refractivity contribution >= 4 is 12.0 Å². The van der Waals surface area contributed by atoms with Crippen LogP contribution < -0.4 is 5.32 Å². The summed E-state index contributed by atoms with van der Waals surface area (Å²) in [7, 11) is 0. The average Bonchev–Trinajstić information content (AvgIpc) is 2.29. The number of hydrogen-bond acceptors (Lipinski definition) is 2. The molecule has 5 nitrogen and oxygen atoms in total. The summed E-state index contributed by atoms with van der Waals surface area (Å²) in [6, 6.07) is -2.87. The number of hydrogen-bond donors (Lipinski definition) is 2. The number of carbonyl (C=O) groups excluding carboxylic acids is 1. The van der Waals surface area contributed by atoms with Gasteiger partial charge in [0.2, 0.25) is 0 Å². The Morgan fingerprint density at radius 1 is 1.30 bits per heavy atom. The Balaban J connectivity index is 4.76. The summed E-state index contributed by atoms with van der Waals surface area (Å²) in [6.07, 6.45) is -3.03. The van der Waals surface area contributed by atoms with Crippen LogP contribution in [0.4, 0.5) is 18.0 Å². The van der Waals surface area contributed by atoms with E-state index in [1.165, 1.54) is 13.8 Å². The van der Waals surface area contributed by atoms with Gasteiger partial charge in [0.05, 0.1) is 0 Å². The maximum Gasteiger partial charge on any atom is 0.406 e. The quantitative estimate of drug-likeness (QED) is 0.759. The number of unbranched alkanes of at least 4 members (excludes halogenated alkanes) is 1.